The SMILES string of the molecule is CCOC(=O)C(CCC(N=[N+]=[N-])(C(=O)OCC)C(=O)OCC)(N=[N+]=[N-])C(=O)OCC. The van der Waals surface area contributed by atoms with E-state index in [9.17, 15) is 19.2 Å². The second kappa shape index (κ2) is 12.9. The number of carbonyl (C=O) groups excluding carboxylic acids is 4. The molecule has 0 bridgehead atoms. The number of azide groups is 2. The van der Waals surface area contributed by atoms with Crippen molar-refractivity contribution in [2.45, 2.75) is 51.6 Å². The first-order valence-corrected chi connectivity index (χ1v) is 9.07. The first-order chi connectivity index (χ1) is 14.3. The van der Waals surface area contributed by atoms with Gasteiger partial charge in [0.25, 0.3) is 0 Å². The molecule has 0 saturated carbocycles. The molecule has 0 unspecified atom stereocenters. The maximum absolute atomic E-state index is 12.5. The van der Waals surface area contributed by atoms with Crippen LogP contribution in [0.25, 0.3) is 20.9 Å². The van der Waals surface area contributed by atoms with E-state index in [0.717, 1.165) is 0 Å². The third-order valence-electron chi connectivity index (χ3n) is 3.73. The predicted molar refractivity (Wildman–Crippen MR) is 99.5 cm³/mol. The summed E-state index contributed by atoms with van der Waals surface area (Å²) >= 11 is 0. The fraction of sp³-hybridized carbons (Fsp3) is 0.750. The summed E-state index contributed by atoms with van der Waals surface area (Å²) < 4.78 is 19.3. The van der Waals surface area contributed by atoms with Gasteiger partial charge in [-0.15, -0.1) is 0 Å². The lowest BCUT2D eigenvalue weighted by Crippen LogP contribution is -2.52. The van der Waals surface area contributed by atoms with Crippen LogP contribution in [0.4, 0.5) is 0 Å². The summed E-state index contributed by atoms with van der Waals surface area (Å²) in [5, 5.41) is 6.52. The molecule has 0 fully saturated rings. The van der Waals surface area contributed by atoms with E-state index in [1.165, 1.54) is 27.7 Å². The molecule has 0 aromatic rings. The Kier molecular flexibility index (Phi) is 11.4. The van der Waals surface area contributed by atoms with Gasteiger partial charge in [0, 0.05) is 9.82 Å². The molecule has 0 aromatic heterocycles. The van der Waals surface area contributed by atoms with Crippen LogP contribution in [0.15, 0.2) is 10.2 Å². The van der Waals surface area contributed by atoms with Crippen molar-refractivity contribution in [2.24, 2.45) is 10.2 Å². The monoisotopic (exact) mass is 428 g/mol. The standard InChI is InChI=1S/C16H24N6O8/c1-5-27-11(23)15(19-21-17,12(24)28-6-2)9-10-16(20-22-18,13(25)29-7-3)14(26)30-8-4/h5-10H2,1-4H3. The Hall–Kier alpha value is -3.50. The molecule has 0 aromatic carbocycles. The molecule has 0 rings (SSSR count). The van der Waals surface area contributed by atoms with E-state index in [4.69, 9.17) is 30.0 Å². The summed E-state index contributed by atoms with van der Waals surface area (Å²) in [6, 6.07) is 0. The van der Waals surface area contributed by atoms with Gasteiger partial charge in [0.2, 0.25) is 11.1 Å². The second-order valence-corrected chi connectivity index (χ2v) is 5.48. The minimum Gasteiger partial charge on any atom is -0.465 e. The summed E-state index contributed by atoms with van der Waals surface area (Å²) in [4.78, 5) is 55.1. The van der Waals surface area contributed by atoms with Crippen molar-refractivity contribution in [2.75, 3.05) is 26.4 Å². The van der Waals surface area contributed by atoms with Gasteiger partial charge in [0.05, 0.1) is 26.4 Å². The highest BCUT2D eigenvalue weighted by Gasteiger charge is 2.55. The molecule has 0 saturated heterocycles. The highest BCUT2D eigenvalue weighted by Crippen LogP contribution is 2.31. The van der Waals surface area contributed by atoms with Gasteiger partial charge in [-0.05, 0) is 51.6 Å². The van der Waals surface area contributed by atoms with Crippen LogP contribution < -0.4 is 0 Å². The van der Waals surface area contributed by atoms with Gasteiger partial charge in [-0.25, -0.2) is 0 Å². The lowest BCUT2D eigenvalue weighted by Gasteiger charge is -2.29. The van der Waals surface area contributed by atoms with E-state index in [2.05, 4.69) is 20.1 Å². The van der Waals surface area contributed by atoms with E-state index in [-0.39, 0.29) is 26.4 Å². The number of rotatable bonds is 13. The maximum Gasteiger partial charge on any atom is 0.329 e. The Labute approximate surface area is 172 Å². The molecular formula is C16H24N6O8. The number of hydrogen-bond donors (Lipinski definition) is 0. The Bertz CT molecular complexity index is 644. The largest absolute Gasteiger partial charge is 0.465 e. The van der Waals surface area contributed by atoms with Gasteiger partial charge < -0.3 is 18.9 Å². The van der Waals surface area contributed by atoms with Crippen LogP contribution in [0, 0.1) is 0 Å². The normalized spacial score (nSPS) is 10.7. The van der Waals surface area contributed by atoms with E-state index in [1.807, 2.05) is 0 Å². The Morgan fingerprint density at radius 1 is 0.633 bits per heavy atom. The fourth-order valence-corrected chi connectivity index (χ4v) is 2.35. The van der Waals surface area contributed by atoms with Gasteiger partial charge in [0.15, 0.2) is 0 Å². The molecule has 166 valence electrons. The van der Waals surface area contributed by atoms with E-state index < -0.39 is 47.8 Å². The molecule has 14 heteroatoms. The summed E-state index contributed by atoms with van der Waals surface area (Å²) in [7, 11) is 0. The zero-order chi connectivity index (χ0) is 23.2. The molecule has 0 aliphatic heterocycles. The topological polar surface area (TPSA) is 203 Å². The number of esters is 4. The highest BCUT2D eigenvalue weighted by molar-refractivity contribution is 6.07. The van der Waals surface area contributed by atoms with Crippen molar-refractivity contribution >= 4 is 23.9 Å². The highest BCUT2D eigenvalue weighted by atomic mass is 16.6. The van der Waals surface area contributed by atoms with Gasteiger partial charge in [0.1, 0.15) is 0 Å². The molecule has 14 nitrogen and oxygen atoms in total. The average molecular weight is 428 g/mol. The third-order valence-corrected chi connectivity index (χ3v) is 3.73. The molecular weight excluding hydrogens is 404 g/mol. The number of carbonyl (C=O) groups is 4. The lowest BCUT2D eigenvalue weighted by molar-refractivity contribution is -0.169. The third kappa shape index (κ3) is 6.00. The number of nitrogens with zero attached hydrogens (tertiary/aromatic N) is 6. The number of hydrogen-bond acceptors (Lipinski definition) is 10. The molecule has 0 spiro atoms. The molecule has 0 heterocycles. The van der Waals surface area contributed by atoms with Crippen LogP contribution in [-0.4, -0.2) is 61.4 Å². The molecule has 0 aliphatic carbocycles. The molecule has 0 aliphatic rings. The minimum atomic E-state index is -2.57. The van der Waals surface area contributed by atoms with Crippen LogP contribution >= 0.6 is 0 Å². The Morgan fingerprint density at radius 3 is 1.03 bits per heavy atom. The predicted octanol–water partition coefficient (Wildman–Crippen LogP) is 2.12. The van der Waals surface area contributed by atoms with Crippen molar-refractivity contribution in [3.05, 3.63) is 20.9 Å². The van der Waals surface area contributed by atoms with Gasteiger partial charge >= 0.3 is 23.9 Å². The first kappa shape index (κ1) is 26.5. The Balaban J connectivity index is 6.48. The van der Waals surface area contributed by atoms with Crippen molar-refractivity contribution in [3.8, 4) is 0 Å². The number of ether oxygens (including phenoxy) is 4. The molecule has 30 heavy (non-hydrogen) atoms. The van der Waals surface area contributed by atoms with Gasteiger partial charge in [-0.2, -0.15) is 0 Å². The summed E-state index contributed by atoms with van der Waals surface area (Å²) in [6.45, 7) is 5.13. The van der Waals surface area contributed by atoms with Crippen LogP contribution in [0.1, 0.15) is 40.5 Å². The molecule has 0 radical (unpaired) electrons. The smallest absolute Gasteiger partial charge is 0.329 e. The van der Waals surface area contributed by atoms with E-state index in [1.54, 1.807) is 0 Å². The van der Waals surface area contributed by atoms with Gasteiger partial charge in [-0.1, -0.05) is 10.2 Å². The van der Waals surface area contributed by atoms with Crippen LogP contribution in [0.5, 0.6) is 0 Å². The Morgan fingerprint density at radius 2 is 0.867 bits per heavy atom. The van der Waals surface area contributed by atoms with Crippen molar-refractivity contribution in [3.63, 3.8) is 0 Å². The zero-order valence-electron chi connectivity index (χ0n) is 17.2. The van der Waals surface area contributed by atoms with Crippen molar-refractivity contribution in [1.82, 2.24) is 0 Å². The van der Waals surface area contributed by atoms with E-state index in [0.29, 0.717) is 0 Å². The molecule has 0 atom stereocenters. The fourth-order valence-electron chi connectivity index (χ4n) is 2.35. The first-order valence-electron chi connectivity index (χ1n) is 9.07. The van der Waals surface area contributed by atoms with Crippen molar-refractivity contribution < 1.29 is 38.1 Å². The zero-order valence-corrected chi connectivity index (χ0v) is 17.2. The van der Waals surface area contributed by atoms with Crippen molar-refractivity contribution in [1.29, 1.82) is 0 Å². The van der Waals surface area contributed by atoms with E-state index >= 15 is 0 Å². The lowest BCUT2D eigenvalue weighted by atomic mass is 9.85. The molecule has 0 N–H and O–H groups in total. The second-order valence-electron chi connectivity index (χ2n) is 5.48. The summed E-state index contributed by atoms with van der Waals surface area (Å²) in [5.74, 6) is -5.04. The van der Waals surface area contributed by atoms with Crippen LogP contribution in [0.3, 0.4) is 0 Å². The van der Waals surface area contributed by atoms with Crippen LogP contribution in [-0.2, 0) is 38.1 Å². The quantitative estimate of drug-likeness (QED) is 0.106. The summed E-state index contributed by atoms with van der Waals surface area (Å²) in [6.07, 6.45) is -1.54. The van der Waals surface area contributed by atoms with Gasteiger partial charge in [-0.3, -0.25) is 19.2 Å². The van der Waals surface area contributed by atoms with Crippen LogP contribution in [0.2, 0.25) is 0 Å². The summed E-state index contributed by atoms with van der Waals surface area (Å²) in [5.41, 5.74) is 12.7. The average Bonchev–Trinajstić information content (AvgIpc) is 2.70. The maximum atomic E-state index is 12.5. The minimum absolute atomic E-state index is 0.168. The molecule has 0 amide bonds.